The van der Waals surface area contributed by atoms with Crippen molar-refractivity contribution < 1.29 is 9.53 Å². The molecule has 7 heteroatoms. The second-order valence-electron chi connectivity index (χ2n) is 6.81. The van der Waals surface area contributed by atoms with Crippen LogP contribution in [-0.2, 0) is 4.74 Å². The first-order chi connectivity index (χ1) is 10.9. The molecule has 0 aromatic carbocycles. The highest BCUT2D eigenvalue weighted by Gasteiger charge is 2.28. The van der Waals surface area contributed by atoms with Gasteiger partial charge in [0.2, 0.25) is 0 Å². The van der Waals surface area contributed by atoms with E-state index < -0.39 is 5.60 Å². The van der Waals surface area contributed by atoms with Crippen molar-refractivity contribution in [2.24, 2.45) is 0 Å². The molecule has 3 heterocycles. The average Bonchev–Trinajstić information content (AvgIpc) is 3.17. The zero-order chi connectivity index (χ0) is 16.4. The van der Waals surface area contributed by atoms with E-state index in [1.807, 2.05) is 27.0 Å². The molecule has 23 heavy (non-hydrogen) atoms. The lowest BCUT2D eigenvalue weighted by Crippen LogP contribution is -2.41. The van der Waals surface area contributed by atoms with Crippen molar-refractivity contribution in [2.75, 3.05) is 13.1 Å². The first-order valence-corrected chi connectivity index (χ1v) is 8.73. The fraction of sp³-hybridized carbons (Fsp3) is 0.562. The molecule has 3 rings (SSSR count). The Kier molecular flexibility index (Phi) is 4.39. The summed E-state index contributed by atoms with van der Waals surface area (Å²) in [6.45, 7) is 7.12. The standard InChI is InChI=1S/C16H22N4O2S/c1-16(2,3)22-15(21)20-6-4-11(5-7-20)13-10-23-14(19-13)12-8-17-18-9-12/h8-11H,4-7H2,1-3H3,(H,17,18). The normalized spacial score (nSPS) is 16.6. The number of ether oxygens (including phenoxy) is 1. The van der Waals surface area contributed by atoms with Crippen LogP contribution >= 0.6 is 11.3 Å². The maximum atomic E-state index is 12.1. The second kappa shape index (κ2) is 6.31. The van der Waals surface area contributed by atoms with E-state index in [0.717, 1.165) is 42.2 Å². The van der Waals surface area contributed by atoms with Gasteiger partial charge in [-0.3, -0.25) is 5.10 Å². The number of thiazole rings is 1. The van der Waals surface area contributed by atoms with Crippen molar-refractivity contribution >= 4 is 17.4 Å². The summed E-state index contributed by atoms with van der Waals surface area (Å²) in [6.07, 6.45) is 5.27. The molecule has 2 aromatic rings. The zero-order valence-corrected chi connectivity index (χ0v) is 14.5. The summed E-state index contributed by atoms with van der Waals surface area (Å²) >= 11 is 1.64. The van der Waals surface area contributed by atoms with Crippen molar-refractivity contribution in [3.05, 3.63) is 23.5 Å². The minimum atomic E-state index is -0.442. The van der Waals surface area contributed by atoms with Gasteiger partial charge in [-0.05, 0) is 33.6 Å². The van der Waals surface area contributed by atoms with Gasteiger partial charge in [0.25, 0.3) is 0 Å². The zero-order valence-electron chi connectivity index (χ0n) is 13.7. The highest BCUT2D eigenvalue weighted by atomic mass is 32.1. The van der Waals surface area contributed by atoms with E-state index in [2.05, 4.69) is 15.6 Å². The summed E-state index contributed by atoms with van der Waals surface area (Å²) in [7, 11) is 0. The monoisotopic (exact) mass is 334 g/mol. The van der Waals surface area contributed by atoms with Crippen LogP contribution in [0.3, 0.4) is 0 Å². The Hall–Kier alpha value is -1.89. The maximum absolute atomic E-state index is 12.1. The summed E-state index contributed by atoms with van der Waals surface area (Å²) in [5.41, 5.74) is 1.70. The van der Waals surface area contributed by atoms with Gasteiger partial charge in [-0.25, -0.2) is 9.78 Å². The number of nitrogens with one attached hydrogen (secondary N) is 1. The van der Waals surface area contributed by atoms with Crippen molar-refractivity contribution in [3.8, 4) is 10.6 Å². The van der Waals surface area contributed by atoms with Gasteiger partial charge < -0.3 is 9.64 Å². The number of hydrogen-bond acceptors (Lipinski definition) is 5. The summed E-state index contributed by atoms with van der Waals surface area (Å²) < 4.78 is 5.43. The number of nitrogens with zero attached hydrogens (tertiary/aromatic N) is 3. The lowest BCUT2D eigenvalue weighted by Gasteiger charge is -2.32. The molecule has 2 aromatic heterocycles. The number of H-pyrrole nitrogens is 1. The molecule has 1 fully saturated rings. The van der Waals surface area contributed by atoms with Gasteiger partial charge >= 0.3 is 6.09 Å². The third-order valence-corrected chi connectivity index (χ3v) is 4.74. The van der Waals surface area contributed by atoms with Gasteiger partial charge in [0, 0.05) is 36.1 Å². The van der Waals surface area contributed by atoms with E-state index in [1.165, 1.54) is 0 Å². The fourth-order valence-electron chi connectivity index (χ4n) is 2.66. The largest absolute Gasteiger partial charge is 0.444 e. The third-order valence-electron chi connectivity index (χ3n) is 3.83. The molecule has 1 aliphatic heterocycles. The number of hydrogen-bond donors (Lipinski definition) is 1. The Labute approximate surface area is 139 Å². The van der Waals surface area contributed by atoms with E-state index in [4.69, 9.17) is 9.72 Å². The molecule has 1 aliphatic rings. The van der Waals surface area contributed by atoms with Crippen LogP contribution in [0.2, 0.25) is 0 Å². The van der Waals surface area contributed by atoms with E-state index in [0.29, 0.717) is 5.92 Å². The molecule has 1 saturated heterocycles. The molecule has 0 unspecified atom stereocenters. The van der Waals surface area contributed by atoms with E-state index in [-0.39, 0.29) is 6.09 Å². The van der Waals surface area contributed by atoms with Gasteiger partial charge in [-0.2, -0.15) is 5.10 Å². The number of aromatic amines is 1. The Morgan fingerprint density at radius 2 is 2.13 bits per heavy atom. The molecule has 0 saturated carbocycles. The van der Waals surface area contributed by atoms with Crippen LogP contribution in [0.1, 0.15) is 45.2 Å². The Morgan fingerprint density at radius 3 is 2.74 bits per heavy atom. The molecule has 6 nitrogen and oxygen atoms in total. The summed E-state index contributed by atoms with van der Waals surface area (Å²) in [5.74, 6) is 0.408. The quantitative estimate of drug-likeness (QED) is 0.910. The third kappa shape index (κ3) is 3.90. The second-order valence-corrected chi connectivity index (χ2v) is 7.66. The van der Waals surface area contributed by atoms with Gasteiger partial charge in [-0.15, -0.1) is 11.3 Å². The molecular formula is C16H22N4O2S. The number of carbonyl (C=O) groups is 1. The molecule has 0 bridgehead atoms. The first kappa shape index (κ1) is 16.0. The lowest BCUT2D eigenvalue weighted by atomic mass is 9.94. The smallest absolute Gasteiger partial charge is 0.410 e. The number of piperidine rings is 1. The molecule has 1 N–H and O–H groups in total. The van der Waals surface area contributed by atoms with E-state index in [9.17, 15) is 4.79 Å². The molecule has 0 spiro atoms. The highest BCUT2D eigenvalue weighted by molar-refractivity contribution is 7.13. The van der Waals surface area contributed by atoms with Crippen molar-refractivity contribution in [1.29, 1.82) is 0 Å². The minimum absolute atomic E-state index is 0.215. The summed E-state index contributed by atoms with van der Waals surface area (Å²) in [5, 5.41) is 9.89. The molecular weight excluding hydrogens is 312 g/mol. The number of likely N-dealkylation sites (tertiary alicyclic amines) is 1. The number of aromatic nitrogens is 3. The Balaban J connectivity index is 1.58. The lowest BCUT2D eigenvalue weighted by molar-refractivity contribution is 0.0204. The average molecular weight is 334 g/mol. The molecule has 0 atom stereocenters. The summed E-state index contributed by atoms with van der Waals surface area (Å²) in [6, 6.07) is 0. The van der Waals surface area contributed by atoms with Gasteiger partial charge in [0.05, 0.1) is 11.9 Å². The SMILES string of the molecule is CC(C)(C)OC(=O)N1CCC(c2csc(-c3cn[nH]c3)n2)CC1. The number of carbonyl (C=O) groups excluding carboxylic acids is 1. The molecule has 1 amide bonds. The number of rotatable bonds is 2. The van der Waals surface area contributed by atoms with E-state index in [1.54, 1.807) is 22.4 Å². The van der Waals surface area contributed by atoms with Crippen LogP contribution in [-0.4, -0.2) is 44.9 Å². The van der Waals surface area contributed by atoms with Crippen molar-refractivity contribution in [2.45, 2.75) is 45.1 Å². The minimum Gasteiger partial charge on any atom is -0.444 e. The summed E-state index contributed by atoms with van der Waals surface area (Å²) in [4.78, 5) is 18.6. The van der Waals surface area contributed by atoms with Gasteiger partial charge in [-0.1, -0.05) is 0 Å². The molecule has 124 valence electrons. The van der Waals surface area contributed by atoms with Crippen LogP contribution in [0.25, 0.3) is 10.6 Å². The van der Waals surface area contributed by atoms with Crippen LogP contribution in [0.5, 0.6) is 0 Å². The topological polar surface area (TPSA) is 71.1 Å². The Bertz CT molecular complexity index is 652. The van der Waals surface area contributed by atoms with Gasteiger partial charge in [0.15, 0.2) is 0 Å². The van der Waals surface area contributed by atoms with Crippen LogP contribution in [0.15, 0.2) is 17.8 Å². The van der Waals surface area contributed by atoms with Gasteiger partial charge in [0.1, 0.15) is 10.6 Å². The maximum Gasteiger partial charge on any atom is 0.410 e. The number of amides is 1. The molecule has 0 aliphatic carbocycles. The fourth-order valence-corrected chi connectivity index (χ4v) is 3.54. The van der Waals surface area contributed by atoms with Crippen molar-refractivity contribution in [3.63, 3.8) is 0 Å². The molecule has 0 radical (unpaired) electrons. The Morgan fingerprint density at radius 1 is 1.39 bits per heavy atom. The van der Waals surface area contributed by atoms with Crippen LogP contribution < -0.4 is 0 Å². The van der Waals surface area contributed by atoms with Crippen molar-refractivity contribution in [1.82, 2.24) is 20.1 Å². The highest BCUT2D eigenvalue weighted by Crippen LogP contribution is 2.32. The predicted octanol–water partition coefficient (Wildman–Crippen LogP) is 3.65. The predicted molar refractivity (Wildman–Crippen MR) is 89.5 cm³/mol. The van der Waals surface area contributed by atoms with Crippen LogP contribution in [0.4, 0.5) is 4.79 Å². The first-order valence-electron chi connectivity index (χ1n) is 7.85. The van der Waals surface area contributed by atoms with Crippen LogP contribution in [0, 0.1) is 0 Å². The van der Waals surface area contributed by atoms with E-state index >= 15 is 0 Å².